The number of hydrogen-bond donors (Lipinski definition) is 1. The number of rotatable bonds is 9. The van der Waals surface area contributed by atoms with Gasteiger partial charge < -0.3 is 19.4 Å². The smallest absolute Gasteiger partial charge is 0.493 e. The van der Waals surface area contributed by atoms with Crippen molar-refractivity contribution >= 4 is 27.3 Å². The minimum absolute atomic E-state index is 0.0342. The summed E-state index contributed by atoms with van der Waals surface area (Å²) in [5.41, 5.74) is -1.14. The van der Waals surface area contributed by atoms with Crippen molar-refractivity contribution in [1.82, 2.24) is 5.32 Å². The van der Waals surface area contributed by atoms with E-state index in [0.29, 0.717) is 12.2 Å². The molecule has 0 unspecified atom stereocenters. The first-order valence-corrected chi connectivity index (χ1v) is 15.0. The van der Waals surface area contributed by atoms with E-state index in [9.17, 15) is 4.79 Å². The number of hydrogen-bond acceptors (Lipinski definition) is 4. The van der Waals surface area contributed by atoms with Gasteiger partial charge in [-0.2, -0.15) is 0 Å². The van der Waals surface area contributed by atoms with Crippen molar-refractivity contribution in [1.29, 1.82) is 0 Å². The molecular weight excluding hydrogens is 448 g/mol. The molecule has 1 amide bonds. The van der Waals surface area contributed by atoms with Gasteiger partial charge in [-0.05, 0) is 65.9 Å². The van der Waals surface area contributed by atoms with Crippen LogP contribution in [-0.4, -0.2) is 45.2 Å². The zero-order valence-electron chi connectivity index (χ0n) is 23.1. The molecule has 0 bridgehead atoms. The van der Waals surface area contributed by atoms with E-state index < -0.39 is 29.7 Å². The maximum absolute atomic E-state index is 15.3. The van der Waals surface area contributed by atoms with Crippen molar-refractivity contribution in [2.45, 2.75) is 111 Å². The SMILES string of the molecule is C[Si](C)CCCOc1cc(F)c(B2OC(C)(C)C(C)(C)O2)cc1C(=O)NC(C)(C)CC(C)(C)C. The lowest BCUT2D eigenvalue weighted by atomic mass is 9.77. The largest absolute Gasteiger partial charge is 0.497 e. The van der Waals surface area contributed by atoms with Crippen molar-refractivity contribution in [3.63, 3.8) is 0 Å². The highest BCUT2D eigenvalue weighted by atomic mass is 28.3. The first kappa shape index (κ1) is 28.9. The van der Waals surface area contributed by atoms with Crippen LogP contribution in [0.5, 0.6) is 5.75 Å². The second-order valence-corrected chi connectivity index (χ2v) is 15.6. The van der Waals surface area contributed by atoms with E-state index in [1.807, 2.05) is 41.5 Å². The molecule has 1 N–H and O–H groups in total. The Kier molecular flexibility index (Phi) is 8.75. The lowest BCUT2D eigenvalue weighted by molar-refractivity contribution is 0.00578. The van der Waals surface area contributed by atoms with Crippen LogP contribution in [-0.2, 0) is 9.31 Å². The van der Waals surface area contributed by atoms with Crippen LogP contribution >= 0.6 is 0 Å². The van der Waals surface area contributed by atoms with E-state index in [1.54, 1.807) is 0 Å². The Morgan fingerprint density at radius 3 is 2.15 bits per heavy atom. The van der Waals surface area contributed by atoms with Crippen molar-refractivity contribution in [2.24, 2.45) is 5.41 Å². The Morgan fingerprint density at radius 2 is 1.65 bits per heavy atom. The Labute approximate surface area is 208 Å². The number of ether oxygens (including phenoxy) is 1. The zero-order valence-corrected chi connectivity index (χ0v) is 24.1. The fraction of sp³-hybridized carbons (Fsp3) is 0.731. The van der Waals surface area contributed by atoms with Gasteiger partial charge in [0, 0.05) is 25.9 Å². The predicted molar refractivity (Wildman–Crippen MR) is 140 cm³/mol. The van der Waals surface area contributed by atoms with Gasteiger partial charge in [0.15, 0.2) is 0 Å². The first-order chi connectivity index (χ1) is 15.3. The van der Waals surface area contributed by atoms with E-state index >= 15 is 4.39 Å². The number of benzene rings is 1. The number of carbonyl (C=O) groups is 1. The Bertz CT molecular complexity index is 864. The normalized spacial score (nSPS) is 17.9. The molecule has 1 saturated heterocycles. The van der Waals surface area contributed by atoms with Gasteiger partial charge >= 0.3 is 7.12 Å². The van der Waals surface area contributed by atoms with Gasteiger partial charge in [-0.15, -0.1) is 0 Å². The third-order valence-corrected chi connectivity index (χ3v) is 7.71. The second-order valence-electron chi connectivity index (χ2n) is 12.7. The fourth-order valence-corrected chi connectivity index (χ4v) is 5.22. The highest BCUT2D eigenvalue weighted by Crippen LogP contribution is 2.37. The van der Waals surface area contributed by atoms with Crippen molar-refractivity contribution in [3.05, 3.63) is 23.5 Å². The average molecular weight is 493 g/mol. The molecule has 8 heteroatoms. The minimum Gasteiger partial charge on any atom is -0.493 e. The maximum atomic E-state index is 15.3. The molecule has 5 nitrogen and oxygen atoms in total. The average Bonchev–Trinajstić information content (AvgIpc) is 2.83. The highest BCUT2D eigenvalue weighted by Gasteiger charge is 2.52. The summed E-state index contributed by atoms with van der Waals surface area (Å²) >= 11 is 0. The summed E-state index contributed by atoms with van der Waals surface area (Å²) in [4.78, 5) is 13.5. The summed E-state index contributed by atoms with van der Waals surface area (Å²) in [6.07, 6.45) is 1.66. The zero-order chi connectivity index (χ0) is 26.1. The third kappa shape index (κ3) is 7.56. The molecule has 0 saturated carbocycles. The van der Waals surface area contributed by atoms with Gasteiger partial charge in [0.2, 0.25) is 0 Å². The molecule has 0 atom stereocenters. The first-order valence-electron chi connectivity index (χ1n) is 12.3. The quantitative estimate of drug-likeness (QED) is 0.361. The van der Waals surface area contributed by atoms with E-state index in [0.717, 1.165) is 18.9 Å². The van der Waals surface area contributed by atoms with Crippen LogP contribution in [0.15, 0.2) is 12.1 Å². The number of carbonyl (C=O) groups excluding carboxylic acids is 1. The highest BCUT2D eigenvalue weighted by molar-refractivity contribution is 6.62. The second kappa shape index (κ2) is 10.3. The third-order valence-electron chi connectivity index (χ3n) is 6.35. The van der Waals surface area contributed by atoms with Crippen LogP contribution in [0.4, 0.5) is 4.39 Å². The molecule has 2 rings (SSSR count). The van der Waals surface area contributed by atoms with Crippen LogP contribution < -0.4 is 15.5 Å². The van der Waals surface area contributed by atoms with Gasteiger partial charge in [-0.1, -0.05) is 39.9 Å². The van der Waals surface area contributed by atoms with Gasteiger partial charge in [0.05, 0.1) is 23.4 Å². The number of halogens is 1. The molecule has 0 aromatic heterocycles. The summed E-state index contributed by atoms with van der Waals surface area (Å²) in [5, 5.41) is 3.13. The van der Waals surface area contributed by atoms with Crippen molar-refractivity contribution < 1.29 is 23.2 Å². The monoisotopic (exact) mass is 492 g/mol. The van der Waals surface area contributed by atoms with E-state index in [4.69, 9.17) is 14.0 Å². The Morgan fingerprint density at radius 1 is 1.09 bits per heavy atom. The molecule has 1 fully saturated rings. The van der Waals surface area contributed by atoms with Gasteiger partial charge in [0.1, 0.15) is 11.6 Å². The molecule has 0 aliphatic carbocycles. The fourth-order valence-electron chi connectivity index (χ4n) is 4.37. The van der Waals surface area contributed by atoms with Crippen LogP contribution in [0.25, 0.3) is 0 Å². The standard InChI is InChI=1S/C26H44BFNO4Si/c1-23(2,3)17-24(4,5)29-22(30)18-15-19(27-32-25(6,7)26(8,9)33-27)20(28)16-21(18)31-13-12-14-34(10)11/h15-16H,12-14,17H2,1-11H3,(H,29,30). The predicted octanol–water partition coefficient (Wildman–Crippen LogP) is 5.59. The van der Waals surface area contributed by atoms with Gasteiger partial charge in [-0.3, -0.25) is 4.79 Å². The summed E-state index contributed by atoms with van der Waals surface area (Å²) in [6.45, 7) is 23.0. The summed E-state index contributed by atoms with van der Waals surface area (Å²) in [7, 11) is -1.27. The molecule has 1 aliphatic heterocycles. The number of nitrogens with one attached hydrogen (secondary N) is 1. The molecular formula is C26H44BFNO4Si. The van der Waals surface area contributed by atoms with Crippen LogP contribution in [0.3, 0.4) is 0 Å². The lowest BCUT2D eigenvalue weighted by Crippen LogP contribution is -2.46. The van der Waals surface area contributed by atoms with Gasteiger partial charge in [-0.25, -0.2) is 4.39 Å². The molecule has 1 radical (unpaired) electrons. The van der Waals surface area contributed by atoms with E-state index in [2.05, 4.69) is 39.2 Å². The Balaban J connectivity index is 2.39. The minimum atomic E-state index is -0.904. The molecule has 0 spiro atoms. The van der Waals surface area contributed by atoms with Crippen LogP contribution in [0, 0.1) is 11.2 Å². The van der Waals surface area contributed by atoms with E-state index in [1.165, 1.54) is 12.1 Å². The van der Waals surface area contributed by atoms with Gasteiger partial charge in [0.25, 0.3) is 5.91 Å². The molecule has 1 aromatic carbocycles. The molecule has 34 heavy (non-hydrogen) atoms. The summed E-state index contributed by atoms with van der Waals surface area (Å²) in [5.74, 6) is -0.546. The van der Waals surface area contributed by atoms with Crippen molar-refractivity contribution in [3.8, 4) is 5.75 Å². The molecule has 191 valence electrons. The van der Waals surface area contributed by atoms with E-state index in [-0.39, 0.29) is 31.3 Å². The molecule has 1 aliphatic rings. The molecule has 1 aromatic rings. The van der Waals surface area contributed by atoms with Crippen molar-refractivity contribution in [2.75, 3.05) is 6.61 Å². The lowest BCUT2D eigenvalue weighted by Gasteiger charge is -2.33. The number of amides is 1. The van der Waals surface area contributed by atoms with Crippen LogP contribution in [0.1, 0.15) is 85.5 Å². The Hall–Kier alpha value is -1.38. The topological polar surface area (TPSA) is 56.8 Å². The van der Waals surface area contributed by atoms with Crippen LogP contribution in [0.2, 0.25) is 19.1 Å². The molecule has 1 heterocycles. The summed E-state index contributed by atoms with van der Waals surface area (Å²) in [6, 6.07) is 3.93. The summed E-state index contributed by atoms with van der Waals surface area (Å²) < 4.78 is 33.4. The maximum Gasteiger partial charge on any atom is 0.497 e.